The number of aromatic hydroxyl groups is 1. The molecule has 0 aliphatic carbocycles. The van der Waals surface area contributed by atoms with Crippen LogP contribution in [0.4, 0.5) is 0 Å². The zero-order valence-electron chi connectivity index (χ0n) is 4.87. The van der Waals surface area contributed by atoms with E-state index in [1.807, 2.05) is 0 Å². The quantitative estimate of drug-likeness (QED) is 0.574. The predicted octanol–water partition coefficient (Wildman–Crippen LogP) is 1.31. The average Bonchev–Trinajstić information content (AvgIpc) is 1.94. The van der Waals surface area contributed by atoms with Crippen LogP contribution in [0.1, 0.15) is 5.69 Å². The fourth-order valence-electron chi connectivity index (χ4n) is 0.510. The van der Waals surface area contributed by atoms with Gasteiger partial charge in [-0.05, 0) is 12.1 Å². The molecule has 0 bridgehead atoms. The molecule has 10 heavy (non-hydrogen) atoms. The van der Waals surface area contributed by atoms with Crippen LogP contribution in [-0.2, 0) is 0 Å². The summed E-state index contributed by atoms with van der Waals surface area (Å²) in [6.45, 7) is 0. The van der Waals surface area contributed by atoms with Crippen molar-refractivity contribution in [3.63, 3.8) is 0 Å². The van der Waals surface area contributed by atoms with E-state index in [0.29, 0.717) is 0 Å². The number of pyridine rings is 1. The molecule has 3 nitrogen and oxygen atoms in total. The normalized spacial score (nSPS) is 8.80. The van der Waals surface area contributed by atoms with Crippen LogP contribution in [0, 0.1) is 11.3 Å². The molecule has 0 saturated heterocycles. The summed E-state index contributed by atoms with van der Waals surface area (Å²) in [5.41, 5.74) is -0.0486. The van der Waals surface area contributed by atoms with Crippen LogP contribution < -0.4 is 0 Å². The Kier molecular flexibility index (Phi) is 1.74. The molecule has 1 aromatic heterocycles. The zero-order valence-corrected chi connectivity index (χ0v) is 5.63. The fourth-order valence-corrected chi connectivity index (χ4v) is 0.658. The SMILES string of the molecule is N#Cc1nc(Cl)ccc1O. The van der Waals surface area contributed by atoms with Gasteiger partial charge in [0.15, 0.2) is 11.4 Å². The summed E-state index contributed by atoms with van der Waals surface area (Å²) in [7, 11) is 0. The topological polar surface area (TPSA) is 56.9 Å². The van der Waals surface area contributed by atoms with Crippen molar-refractivity contribution in [1.82, 2.24) is 4.98 Å². The van der Waals surface area contributed by atoms with Gasteiger partial charge in [0.25, 0.3) is 0 Å². The number of nitriles is 1. The Bertz CT molecular complexity index is 292. The standard InChI is InChI=1S/C6H3ClN2O/c7-6-2-1-5(10)4(3-8)9-6/h1-2,10H. The molecule has 0 aliphatic heterocycles. The van der Waals surface area contributed by atoms with E-state index in [2.05, 4.69) is 4.98 Å². The number of hydrogen-bond donors (Lipinski definition) is 1. The Morgan fingerprint density at radius 1 is 1.60 bits per heavy atom. The van der Waals surface area contributed by atoms with Gasteiger partial charge in [-0.2, -0.15) is 5.26 Å². The minimum absolute atomic E-state index is 0.0486. The van der Waals surface area contributed by atoms with Crippen molar-refractivity contribution in [3.05, 3.63) is 23.0 Å². The highest BCUT2D eigenvalue weighted by Gasteiger charge is 2.00. The Morgan fingerprint density at radius 3 is 2.80 bits per heavy atom. The summed E-state index contributed by atoms with van der Waals surface area (Å²) in [5, 5.41) is 17.4. The highest BCUT2D eigenvalue weighted by atomic mass is 35.5. The molecule has 0 radical (unpaired) electrons. The van der Waals surface area contributed by atoms with Crippen LogP contribution >= 0.6 is 11.6 Å². The first-order valence-corrected chi connectivity index (χ1v) is 2.87. The molecule has 0 aliphatic rings. The van der Waals surface area contributed by atoms with Gasteiger partial charge in [-0.3, -0.25) is 0 Å². The highest BCUT2D eigenvalue weighted by Crippen LogP contribution is 2.15. The number of halogens is 1. The minimum atomic E-state index is -0.146. The zero-order chi connectivity index (χ0) is 7.56. The van der Waals surface area contributed by atoms with E-state index in [4.69, 9.17) is 22.0 Å². The second-order valence-corrected chi connectivity index (χ2v) is 2.00. The van der Waals surface area contributed by atoms with Crippen LogP contribution in [-0.4, -0.2) is 10.1 Å². The number of aromatic nitrogens is 1. The molecule has 1 rings (SSSR count). The second kappa shape index (κ2) is 2.54. The molecule has 1 aromatic rings. The first-order chi connectivity index (χ1) is 4.74. The van der Waals surface area contributed by atoms with E-state index in [1.54, 1.807) is 6.07 Å². The summed E-state index contributed by atoms with van der Waals surface area (Å²) in [5.74, 6) is -0.146. The molecule has 0 unspecified atom stereocenters. The third kappa shape index (κ3) is 1.17. The van der Waals surface area contributed by atoms with Gasteiger partial charge < -0.3 is 5.11 Å². The van der Waals surface area contributed by atoms with Gasteiger partial charge in [-0.15, -0.1) is 0 Å². The van der Waals surface area contributed by atoms with Crippen molar-refractivity contribution in [3.8, 4) is 11.8 Å². The van der Waals surface area contributed by atoms with Crippen LogP contribution in [0.5, 0.6) is 5.75 Å². The summed E-state index contributed by atoms with van der Waals surface area (Å²) >= 11 is 5.42. The maximum atomic E-state index is 8.89. The van der Waals surface area contributed by atoms with Crippen molar-refractivity contribution in [2.45, 2.75) is 0 Å². The molecule has 1 heterocycles. The molecule has 0 atom stereocenters. The molecule has 1 N–H and O–H groups in total. The summed E-state index contributed by atoms with van der Waals surface area (Å²) in [6, 6.07) is 4.43. The maximum Gasteiger partial charge on any atom is 0.183 e. The molecular formula is C6H3ClN2O. The number of nitrogens with zero attached hydrogens (tertiary/aromatic N) is 2. The van der Waals surface area contributed by atoms with Gasteiger partial charge in [0.05, 0.1) is 0 Å². The predicted molar refractivity (Wildman–Crippen MR) is 35.6 cm³/mol. The van der Waals surface area contributed by atoms with Gasteiger partial charge in [0.1, 0.15) is 11.2 Å². The molecule has 0 amide bonds. The van der Waals surface area contributed by atoms with Crippen LogP contribution in [0.2, 0.25) is 5.15 Å². The molecule has 50 valence electrons. The molecular weight excluding hydrogens is 152 g/mol. The van der Waals surface area contributed by atoms with E-state index in [9.17, 15) is 0 Å². The van der Waals surface area contributed by atoms with Gasteiger partial charge in [-0.1, -0.05) is 11.6 Å². The largest absolute Gasteiger partial charge is 0.505 e. The van der Waals surface area contributed by atoms with Gasteiger partial charge >= 0.3 is 0 Å². The average molecular weight is 155 g/mol. The Labute approximate surface area is 62.5 Å². The van der Waals surface area contributed by atoms with Gasteiger partial charge in [-0.25, -0.2) is 4.98 Å². The molecule has 0 spiro atoms. The second-order valence-electron chi connectivity index (χ2n) is 1.61. The van der Waals surface area contributed by atoms with E-state index < -0.39 is 0 Å². The fraction of sp³-hybridized carbons (Fsp3) is 0. The van der Waals surface area contributed by atoms with Crippen molar-refractivity contribution in [2.75, 3.05) is 0 Å². The van der Waals surface area contributed by atoms with Crippen LogP contribution in [0.25, 0.3) is 0 Å². The minimum Gasteiger partial charge on any atom is -0.505 e. The Hall–Kier alpha value is -1.27. The molecule has 0 saturated carbocycles. The Balaban J connectivity index is 3.25. The monoisotopic (exact) mass is 154 g/mol. The molecule has 0 aromatic carbocycles. The lowest BCUT2D eigenvalue weighted by Crippen LogP contribution is -1.82. The van der Waals surface area contributed by atoms with Crippen LogP contribution in [0.3, 0.4) is 0 Å². The highest BCUT2D eigenvalue weighted by molar-refractivity contribution is 6.29. The number of hydrogen-bond acceptors (Lipinski definition) is 3. The van der Waals surface area contributed by atoms with Gasteiger partial charge in [0.2, 0.25) is 0 Å². The van der Waals surface area contributed by atoms with E-state index in [-0.39, 0.29) is 16.6 Å². The van der Waals surface area contributed by atoms with Gasteiger partial charge in [0, 0.05) is 0 Å². The molecule has 0 fully saturated rings. The van der Waals surface area contributed by atoms with E-state index in [0.717, 1.165) is 0 Å². The van der Waals surface area contributed by atoms with Crippen molar-refractivity contribution in [2.24, 2.45) is 0 Å². The summed E-state index contributed by atoms with van der Waals surface area (Å²) in [4.78, 5) is 3.55. The van der Waals surface area contributed by atoms with Crippen molar-refractivity contribution < 1.29 is 5.11 Å². The lowest BCUT2D eigenvalue weighted by atomic mass is 10.3. The first-order valence-electron chi connectivity index (χ1n) is 2.49. The Morgan fingerprint density at radius 2 is 2.30 bits per heavy atom. The van der Waals surface area contributed by atoms with Crippen molar-refractivity contribution in [1.29, 1.82) is 5.26 Å². The van der Waals surface area contributed by atoms with Crippen molar-refractivity contribution >= 4 is 11.6 Å². The van der Waals surface area contributed by atoms with E-state index >= 15 is 0 Å². The van der Waals surface area contributed by atoms with E-state index in [1.165, 1.54) is 12.1 Å². The smallest absolute Gasteiger partial charge is 0.183 e. The third-order valence-electron chi connectivity index (χ3n) is 0.946. The summed E-state index contributed by atoms with van der Waals surface area (Å²) in [6.07, 6.45) is 0. The molecule has 4 heteroatoms. The lowest BCUT2D eigenvalue weighted by molar-refractivity contribution is 0.470. The number of rotatable bonds is 0. The first kappa shape index (κ1) is 6.84. The van der Waals surface area contributed by atoms with Crippen LogP contribution in [0.15, 0.2) is 12.1 Å². The lowest BCUT2D eigenvalue weighted by Gasteiger charge is -1.92. The summed E-state index contributed by atoms with van der Waals surface area (Å²) < 4.78 is 0. The maximum absolute atomic E-state index is 8.89. The third-order valence-corrected chi connectivity index (χ3v) is 1.16.